The van der Waals surface area contributed by atoms with Gasteiger partial charge in [0.05, 0.1) is 11.9 Å². The van der Waals surface area contributed by atoms with Crippen molar-refractivity contribution in [2.24, 2.45) is 0 Å². The molecule has 20 heavy (non-hydrogen) atoms. The van der Waals surface area contributed by atoms with Crippen LogP contribution in [0.2, 0.25) is 0 Å². The SMILES string of the molecule is O=C([O-])c1cccc2cc3cccc(C(=O)[O-])c3cc12. The first-order valence-corrected chi connectivity index (χ1v) is 5.96. The Bertz CT molecular complexity index is 796. The Morgan fingerprint density at radius 2 is 1.15 bits per heavy atom. The van der Waals surface area contributed by atoms with E-state index < -0.39 is 11.9 Å². The van der Waals surface area contributed by atoms with Crippen molar-refractivity contribution in [2.75, 3.05) is 0 Å². The van der Waals surface area contributed by atoms with Crippen molar-refractivity contribution in [1.29, 1.82) is 0 Å². The van der Waals surface area contributed by atoms with Crippen molar-refractivity contribution in [3.8, 4) is 0 Å². The van der Waals surface area contributed by atoms with Crippen LogP contribution in [0.5, 0.6) is 0 Å². The van der Waals surface area contributed by atoms with E-state index in [1.807, 2.05) is 0 Å². The number of carboxylic acids is 2. The number of carboxylic acid groups (broad SMARTS) is 2. The van der Waals surface area contributed by atoms with Gasteiger partial charge in [-0.2, -0.15) is 0 Å². The fourth-order valence-electron chi connectivity index (χ4n) is 2.41. The quantitative estimate of drug-likeness (QED) is 0.639. The molecule has 3 aromatic carbocycles. The molecule has 98 valence electrons. The third kappa shape index (κ3) is 1.78. The number of benzene rings is 3. The van der Waals surface area contributed by atoms with Gasteiger partial charge in [0.15, 0.2) is 0 Å². The second-order valence-corrected chi connectivity index (χ2v) is 4.48. The summed E-state index contributed by atoms with van der Waals surface area (Å²) in [5.74, 6) is -2.58. The first-order valence-electron chi connectivity index (χ1n) is 5.96. The van der Waals surface area contributed by atoms with Gasteiger partial charge in [-0.3, -0.25) is 0 Å². The molecule has 0 aliphatic rings. The summed E-state index contributed by atoms with van der Waals surface area (Å²) in [7, 11) is 0. The van der Waals surface area contributed by atoms with E-state index in [1.54, 1.807) is 36.4 Å². The van der Waals surface area contributed by atoms with E-state index in [0.717, 1.165) is 10.8 Å². The summed E-state index contributed by atoms with van der Waals surface area (Å²) in [4.78, 5) is 22.3. The zero-order valence-electron chi connectivity index (χ0n) is 10.3. The van der Waals surface area contributed by atoms with Crippen LogP contribution in [0, 0.1) is 0 Å². The molecule has 0 N–H and O–H groups in total. The lowest BCUT2D eigenvalue weighted by Gasteiger charge is -2.12. The fourth-order valence-corrected chi connectivity index (χ4v) is 2.41. The van der Waals surface area contributed by atoms with Gasteiger partial charge in [-0.25, -0.2) is 0 Å². The normalized spacial score (nSPS) is 10.8. The Morgan fingerprint density at radius 1 is 0.700 bits per heavy atom. The van der Waals surface area contributed by atoms with Crippen LogP contribution in [-0.2, 0) is 0 Å². The lowest BCUT2D eigenvalue weighted by atomic mass is 9.97. The van der Waals surface area contributed by atoms with Gasteiger partial charge >= 0.3 is 0 Å². The van der Waals surface area contributed by atoms with Crippen molar-refractivity contribution in [1.82, 2.24) is 0 Å². The van der Waals surface area contributed by atoms with E-state index in [4.69, 9.17) is 0 Å². The van der Waals surface area contributed by atoms with E-state index >= 15 is 0 Å². The molecule has 3 rings (SSSR count). The predicted molar refractivity (Wildman–Crippen MR) is 70.1 cm³/mol. The van der Waals surface area contributed by atoms with E-state index in [-0.39, 0.29) is 11.1 Å². The summed E-state index contributed by atoms with van der Waals surface area (Å²) in [5.41, 5.74) is 0.0788. The van der Waals surface area contributed by atoms with Gasteiger partial charge in [-0.1, -0.05) is 36.4 Å². The first-order chi connectivity index (χ1) is 9.58. The average molecular weight is 264 g/mol. The van der Waals surface area contributed by atoms with Crippen molar-refractivity contribution in [3.05, 3.63) is 59.7 Å². The average Bonchev–Trinajstić information content (AvgIpc) is 2.43. The number of hydrogen-bond acceptors (Lipinski definition) is 4. The minimum atomic E-state index is -1.29. The Labute approximate surface area is 113 Å². The van der Waals surface area contributed by atoms with E-state index in [0.29, 0.717) is 10.8 Å². The number of hydrogen-bond donors (Lipinski definition) is 0. The molecule has 0 spiro atoms. The minimum absolute atomic E-state index is 0.0394. The topological polar surface area (TPSA) is 80.3 Å². The standard InChI is InChI=1S/C16H10O4/c17-15(18)11-5-1-3-9-7-10-4-2-6-12(16(19)20)14(10)8-13(9)11/h1-8H,(H,17,18)(H,19,20)/p-2. The van der Waals surface area contributed by atoms with Gasteiger partial charge in [0.1, 0.15) is 0 Å². The van der Waals surface area contributed by atoms with Crippen LogP contribution in [0.1, 0.15) is 20.7 Å². The van der Waals surface area contributed by atoms with Gasteiger partial charge in [-0.15, -0.1) is 0 Å². The highest BCUT2D eigenvalue weighted by Gasteiger charge is 2.07. The fraction of sp³-hybridized carbons (Fsp3) is 0. The highest BCUT2D eigenvalue weighted by atomic mass is 16.4. The van der Waals surface area contributed by atoms with Crippen LogP contribution in [0.3, 0.4) is 0 Å². The molecule has 0 aliphatic carbocycles. The number of aromatic carboxylic acids is 2. The summed E-state index contributed by atoms with van der Waals surface area (Å²) in [5, 5.41) is 24.6. The summed E-state index contributed by atoms with van der Waals surface area (Å²) >= 11 is 0. The van der Waals surface area contributed by atoms with Crippen molar-refractivity contribution in [3.63, 3.8) is 0 Å². The Morgan fingerprint density at radius 3 is 1.55 bits per heavy atom. The molecule has 0 saturated carbocycles. The lowest BCUT2D eigenvalue weighted by Crippen LogP contribution is -2.23. The molecule has 0 bridgehead atoms. The molecule has 0 aromatic heterocycles. The van der Waals surface area contributed by atoms with Gasteiger partial charge in [0.25, 0.3) is 0 Å². The number of rotatable bonds is 2. The molecule has 4 heteroatoms. The Balaban J connectivity index is 2.48. The zero-order chi connectivity index (χ0) is 14.3. The molecule has 0 radical (unpaired) electrons. The lowest BCUT2D eigenvalue weighted by molar-refractivity contribution is -0.255. The van der Waals surface area contributed by atoms with E-state index in [2.05, 4.69) is 0 Å². The molecule has 0 fully saturated rings. The van der Waals surface area contributed by atoms with Crippen molar-refractivity contribution < 1.29 is 19.8 Å². The van der Waals surface area contributed by atoms with Gasteiger partial charge < -0.3 is 19.8 Å². The van der Waals surface area contributed by atoms with Crippen LogP contribution in [0.4, 0.5) is 0 Å². The van der Waals surface area contributed by atoms with Crippen LogP contribution < -0.4 is 10.2 Å². The van der Waals surface area contributed by atoms with E-state index in [1.165, 1.54) is 12.1 Å². The largest absolute Gasteiger partial charge is 0.545 e. The van der Waals surface area contributed by atoms with Crippen molar-refractivity contribution in [2.45, 2.75) is 0 Å². The second kappa shape index (κ2) is 4.35. The minimum Gasteiger partial charge on any atom is -0.545 e. The smallest absolute Gasteiger partial charge is 0.0721 e. The summed E-state index contributed by atoms with van der Waals surface area (Å²) in [6, 6.07) is 13.0. The Kier molecular flexibility index (Phi) is 2.64. The van der Waals surface area contributed by atoms with Crippen LogP contribution in [0.15, 0.2) is 48.5 Å². The Hall–Kier alpha value is -2.88. The third-order valence-electron chi connectivity index (χ3n) is 3.32. The molecule has 3 aromatic rings. The predicted octanol–water partition coefficient (Wildman–Crippen LogP) is 0.720. The van der Waals surface area contributed by atoms with Crippen LogP contribution in [0.25, 0.3) is 21.5 Å². The molecule has 0 amide bonds. The molecule has 0 unspecified atom stereocenters. The first kappa shape index (κ1) is 12.2. The number of fused-ring (bicyclic) bond motifs is 2. The zero-order valence-corrected chi connectivity index (χ0v) is 10.3. The highest BCUT2D eigenvalue weighted by Crippen LogP contribution is 2.27. The second-order valence-electron chi connectivity index (χ2n) is 4.48. The molecule has 4 nitrogen and oxygen atoms in total. The molecular formula is C16H8O4-2. The molecule has 0 atom stereocenters. The van der Waals surface area contributed by atoms with Crippen LogP contribution in [-0.4, -0.2) is 11.9 Å². The van der Waals surface area contributed by atoms with Gasteiger partial charge in [0.2, 0.25) is 0 Å². The van der Waals surface area contributed by atoms with E-state index in [9.17, 15) is 19.8 Å². The monoisotopic (exact) mass is 264 g/mol. The van der Waals surface area contributed by atoms with Crippen LogP contribution >= 0.6 is 0 Å². The number of carbonyl (C=O) groups excluding carboxylic acids is 2. The molecular weight excluding hydrogens is 256 g/mol. The maximum Gasteiger partial charge on any atom is 0.0721 e. The molecule has 0 heterocycles. The maximum atomic E-state index is 11.1. The highest BCUT2D eigenvalue weighted by molar-refractivity contribution is 6.11. The molecule has 0 aliphatic heterocycles. The van der Waals surface area contributed by atoms with Gasteiger partial charge in [-0.05, 0) is 33.7 Å². The van der Waals surface area contributed by atoms with Crippen molar-refractivity contribution >= 4 is 33.5 Å². The summed E-state index contributed by atoms with van der Waals surface area (Å²) in [6.45, 7) is 0. The molecule has 0 saturated heterocycles. The van der Waals surface area contributed by atoms with Gasteiger partial charge in [0, 0.05) is 11.1 Å². The number of carbonyl (C=O) groups is 2. The maximum absolute atomic E-state index is 11.1. The summed E-state index contributed by atoms with van der Waals surface area (Å²) < 4.78 is 0. The summed E-state index contributed by atoms with van der Waals surface area (Å²) in [6.07, 6.45) is 0. The third-order valence-corrected chi connectivity index (χ3v) is 3.32.